The average Bonchev–Trinajstić information content (AvgIpc) is 2.34. The zero-order chi connectivity index (χ0) is 13.0. The van der Waals surface area contributed by atoms with Gasteiger partial charge >= 0.3 is 0 Å². The zero-order valence-electron chi connectivity index (χ0n) is 11.8. The molecule has 1 aromatic rings. The quantitative estimate of drug-likeness (QED) is 0.833. The van der Waals surface area contributed by atoms with Gasteiger partial charge in [0.1, 0.15) is 5.75 Å². The van der Waals surface area contributed by atoms with Crippen molar-refractivity contribution in [2.75, 3.05) is 13.7 Å². The Labute approximate surface area is 111 Å². The Hall–Kier alpha value is -1.02. The molecule has 1 N–H and O–H groups in total. The molecule has 1 fully saturated rings. The molecule has 1 saturated carbocycles. The van der Waals surface area contributed by atoms with Gasteiger partial charge in [0.25, 0.3) is 0 Å². The van der Waals surface area contributed by atoms with Crippen LogP contribution in [0, 0.1) is 11.8 Å². The van der Waals surface area contributed by atoms with Crippen LogP contribution in [-0.4, -0.2) is 19.7 Å². The number of methoxy groups -OCH3 is 1. The van der Waals surface area contributed by atoms with Crippen molar-refractivity contribution in [1.82, 2.24) is 5.32 Å². The molecule has 1 aromatic carbocycles. The predicted molar refractivity (Wildman–Crippen MR) is 76.1 cm³/mol. The van der Waals surface area contributed by atoms with E-state index in [2.05, 4.69) is 37.4 Å². The molecular formula is C16H25NO. The number of benzene rings is 1. The lowest BCUT2D eigenvalue weighted by molar-refractivity contribution is 0.167. The van der Waals surface area contributed by atoms with E-state index in [0.29, 0.717) is 6.04 Å². The summed E-state index contributed by atoms with van der Waals surface area (Å²) in [7, 11) is 1.76. The van der Waals surface area contributed by atoms with E-state index >= 15 is 0 Å². The van der Waals surface area contributed by atoms with Crippen LogP contribution in [0.5, 0.6) is 5.75 Å². The van der Waals surface area contributed by atoms with Crippen molar-refractivity contribution in [2.45, 2.75) is 39.2 Å². The summed E-state index contributed by atoms with van der Waals surface area (Å²) in [6.45, 7) is 5.60. The van der Waals surface area contributed by atoms with Gasteiger partial charge in [-0.25, -0.2) is 0 Å². The van der Waals surface area contributed by atoms with Crippen LogP contribution in [0.25, 0.3) is 0 Å². The van der Waals surface area contributed by atoms with Crippen LogP contribution in [0.3, 0.4) is 0 Å². The molecule has 0 radical (unpaired) electrons. The van der Waals surface area contributed by atoms with Gasteiger partial charge in [0.2, 0.25) is 0 Å². The summed E-state index contributed by atoms with van der Waals surface area (Å²) < 4.78 is 5.43. The Morgan fingerprint density at radius 3 is 2.56 bits per heavy atom. The third-order valence-electron chi connectivity index (χ3n) is 4.04. The molecule has 2 unspecified atom stereocenters. The average molecular weight is 247 g/mol. The van der Waals surface area contributed by atoms with E-state index in [9.17, 15) is 0 Å². The van der Waals surface area contributed by atoms with Crippen LogP contribution >= 0.6 is 0 Å². The minimum absolute atomic E-state index is 0.595. The van der Waals surface area contributed by atoms with Gasteiger partial charge in [0, 0.05) is 6.04 Å². The van der Waals surface area contributed by atoms with E-state index in [1.54, 1.807) is 7.11 Å². The van der Waals surface area contributed by atoms with Crippen LogP contribution in [0.1, 0.15) is 32.3 Å². The highest BCUT2D eigenvalue weighted by Gasteiger charge is 2.31. The Kier molecular flexibility index (Phi) is 4.65. The van der Waals surface area contributed by atoms with E-state index in [4.69, 9.17) is 4.74 Å². The van der Waals surface area contributed by atoms with Crippen molar-refractivity contribution >= 4 is 0 Å². The van der Waals surface area contributed by atoms with Crippen molar-refractivity contribution in [3.63, 3.8) is 0 Å². The molecule has 0 aromatic heterocycles. The molecule has 0 amide bonds. The van der Waals surface area contributed by atoms with Gasteiger partial charge in [-0.05, 0) is 49.3 Å². The van der Waals surface area contributed by atoms with Crippen LogP contribution in [0.15, 0.2) is 24.3 Å². The fourth-order valence-electron chi connectivity index (χ4n) is 2.72. The van der Waals surface area contributed by atoms with Crippen LogP contribution in [-0.2, 0) is 6.42 Å². The first-order chi connectivity index (χ1) is 8.70. The third-order valence-corrected chi connectivity index (χ3v) is 4.04. The largest absolute Gasteiger partial charge is 0.496 e. The maximum absolute atomic E-state index is 5.43. The van der Waals surface area contributed by atoms with Crippen molar-refractivity contribution in [1.29, 1.82) is 0 Å². The van der Waals surface area contributed by atoms with Gasteiger partial charge in [-0.15, -0.1) is 0 Å². The molecule has 18 heavy (non-hydrogen) atoms. The van der Waals surface area contributed by atoms with E-state index in [1.165, 1.54) is 18.4 Å². The number of nitrogens with one attached hydrogen (secondary N) is 1. The highest BCUT2D eigenvalue weighted by atomic mass is 16.5. The van der Waals surface area contributed by atoms with Gasteiger partial charge in [0.05, 0.1) is 7.11 Å². The molecule has 2 nitrogen and oxygen atoms in total. The molecule has 2 atom stereocenters. The summed E-state index contributed by atoms with van der Waals surface area (Å²) >= 11 is 0. The lowest BCUT2D eigenvalue weighted by Gasteiger charge is -2.37. The van der Waals surface area contributed by atoms with E-state index in [1.807, 2.05) is 6.07 Å². The molecule has 0 heterocycles. The third kappa shape index (κ3) is 3.26. The number of ether oxygens (including phenoxy) is 1. The maximum Gasteiger partial charge on any atom is 0.122 e. The fraction of sp³-hybridized carbons (Fsp3) is 0.625. The summed E-state index contributed by atoms with van der Waals surface area (Å²) in [5.74, 6) is 2.71. The standard InChI is InChI=1S/C16H25NO/c1-12(2)17-11-15-9-8-13(15)10-14-6-4-5-7-16(14)18-3/h4-7,12-13,15,17H,8-11H2,1-3H3. The maximum atomic E-state index is 5.43. The smallest absolute Gasteiger partial charge is 0.122 e. The topological polar surface area (TPSA) is 21.3 Å². The summed E-state index contributed by atoms with van der Waals surface area (Å²) in [5, 5.41) is 3.56. The van der Waals surface area contributed by atoms with Crippen molar-refractivity contribution in [2.24, 2.45) is 11.8 Å². The second kappa shape index (κ2) is 6.24. The second-order valence-corrected chi connectivity index (χ2v) is 5.68. The molecule has 0 spiro atoms. The molecule has 0 aliphatic heterocycles. The Morgan fingerprint density at radius 1 is 1.22 bits per heavy atom. The first-order valence-electron chi connectivity index (χ1n) is 7.06. The summed E-state index contributed by atoms with van der Waals surface area (Å²) in [4.78, 5) is 0. The SMILES string of the molecule is COc1ccccc1CC1CCC1CNC(C)C. The van der Waals surface area contributed by atoms with E-state index in [0.717, 1.165) is 30.6 Å². The molecule has 2 rings (SSSR count). The van der Waals surface area contributed by atoms with E-state index < -0.39 is 0 Å². The number of rotatable bonds is 6. The zero-order valence-corrected chi connectivity index (χ0v) is 11.8. The fourth-order valence-corrected chi connectivity index (χ4v) is 2.72. The highest BCUT2D eigenvalue weighted by Crippen LogP contribution is 2.37. The highest BCUT2D eigenvalue weighted by molar-refractivity contribution is 5.33. The van der Waals surface area contributed by atoms with Gasteiger partial charge < -0.3 is 10.1 Å². The van der Waals surface area contributed by atoms with Gasteiger partial charge in [0.15, 0.2) is 0 Å². The number of hydrogen-bond donors (Lipinski definition) is 1. The normalized spacial score (nSPS) is 22.9. The first-order valence-corrected chi connectivity index (χ1v) is 7.06. The van der Waals surface area contributed by atoms with Crippen LogP contribution < -0.4 is 10.1 Å². The Morgan fingerprint density at radius 2 is 1.94 bits per heavy atom. The number of para-hydroxylation sites is 1. The lowest BCUT2D eigenvalue weighted by Crippen LogP contribution is -2.38. The molecule has 0 bridgehead atoms. The lowest BCUT2D eigenvalue weighted by atomic mass is 9.70. The molecule has 0 saturated heterocycles. The van der Waals surface area contributed by atoms with Crippen LogP contribution in [0.2, 0.25) is 0 Å². The Balaban J connectivity index is 1.89. The predicted octanol–water partition coefficient (Wildman–Crippen LogP) is 3.26. The van der Waals surface area contributed by atoms with Gasteiger partial charge in [-0.2, -0.15) is 0 Å². The van der Waals surface area contributed by atoms with Gasteiger partial charge in [-0.3, -0.25) is 0 Å². The van der Waals surface area contributed by atoms with Crippen molar-refractivity contribution in [3.8, 4) is 5.75 Å². The van der Waals surface area contributed by atoms with Crippen molar-refractivity contribution < 1.29 is 4.74 Å². The summed E-state index contributed by atoms with van der Waals surface area (Å²) in [5.41, 5.74) is 1.36. The minimum Gasteiger partial charge on any atom is -0.496 e. The van der Waals surface area contributed by atoms with Gasteiger partial charge in [-0.1, -0.05) is 32.0 Å². The summed E-state index contributed by atoms with van der Waals surface area (Å²) in [6.07, 6.45) is 3.90. The monoisotopic (exact) mass is 247 g/mol. The van der Waals surface area contributed by atoms with Crippen molar-refractivity contribution in [3.05, 3.63) is 29.8 Å². The first kappa shape index (κ1) is 13.4. The molecular weight excluding hydrogens is 222 g/mol. The Bertz CT molecular complexity index is 375. The molecule has 1 aliphatic carbocycles. The second-order valence-electron chi connectivity index (χ2n) is 5.68. The number of hydrogen-bond acceptors (Lipinski definition) is 2. The molecule has 100 valence electrons. The summed E-state index contributed by atoms with van der Waals surface area (Å²) in [6, 6.07) is 9.01. The minimum atomic E-state index is 0.595. The van der Waals surface area contributed by atoms with Crippen LogP contribution in [0.4, 0.5) is 0 Å². The molecule has 2 heteroatoms. The molecule has 1 aliphatic rings. The van der Waals surface area contributed by atoms with E-state index in [-0.39, 0.29) is 0 Å².